The summed E-state index contributed by atoms with van der Waals surface area (Å²) in [5.74, 6) is 2.87. The highest BCUT2D eigenvalue weighted by atomic mass is 19.1. The second-order valence-electron chi connectivity index (χ2n) is 6.74. The van der Waals surface area contributed by atoms with Gasteiger partial charge in [-0.05, 0) is 73.6 Å². The van der Waals surface area contributed by atoms with Gasteiger partial charge >= 0.3 is 0 Å². The van der Waals surface area contributed by atoms with Crippen molar-refractivity contribution in [3.05, 3.63) is 35.1 Å². The Morgan fingerprint density at radius 2 is 2.11 bits per heavy atom. The summed E-state index contributed by atoms with van der Waals surface area (Å²) >= 11 is 0. The van der Waals surface area contributed by atoms with Crippen LogP contribution in [0.4, 0.5) is 4.39 Å². The van der Waals surface area contributed by atoms with Gasteiger partial charge in [0.15, 0.2) is 0 Å². The Morgan fingerprint density at radius 1 is 1.16 bits per heavy atom. The lowest BCUT2D eigenvalue weighted by Gasteiger charge is -2.24. The van der Waals surface area contributed by atoms with Crippen LogP contribution in [0.2, 0.25) is 0 Å². The minimum atomic E-state index is -0.0123. The summed E-state index contributed by atoms with van der Waals surface area (Å²) in [5, 5.41) is 3.73. The fraction of sp³-hybridized carbons (Fsp3) is 0.647. The van der Waals surface area contributed by atoms with Crippen molar-refractivity contribution in [1.82, 2.24) is 5.32 Å². The van der Waals surface area contributed by atoms with Crippen molar-refractivity contribution in [3.63, 3.8) is 0 Å². The molecule has 0 spiro atoms. The fourth-order valence-electron chi connectivity index (χ4n) is 4.74. The van der Waals surface area contributed by atoms with Gasteiger partial charge in [-0.2, -0.15) is 0 Å². The summed E-state index contributed by atoms with van der Waals surface area (Å²) in [6.07, 6.45) is 7.79. The number of nitrogens with one attached hydrogen (secondary N) is 1. The largest absolute Gasteiger partial charge is 0.310 e. The Bertz CT molecular complexity index is 484. The molecule has 1 aromatic carbocycles. The molecule has 3 aliphatic rings. The van der Waals surface area contributed by atoms with Crippen LogP contribution in [0.25, 0.3) is 0 Å². The van der Waals surface area contributed by atoms with Crippen LogP contribution in [-0.2, 0) is 6.42 Å². The van der Waals surface area contributed by atoms with Crippen LogP contribution in [0.1, 0.15) is 49.3 Å². The summed E-state index contributed by atoms with van der Waals surface area (Å²) in [6.45, 7) is 1.14. The van der Waals surface area contributed by atoms with Crippen molar-refractivity contribution < 1.29 is 4.39 Å². The van der Waals surface area contributed by atoms with E-state index in [4.69, 9.17) is 0 Å². The van der Waals surface area contributed by atoms with E-state index >= 15 is 0 Å². The SMILES string of the molecule is Fc1cccc2c1CCC2NCC1CC2CCC1C2. The van der Waals surface area contributed by atoms with Crippen LogP contribution in [-0.4, -0.2) is 6.54 Å². The smallest absolute Gasteiger partial charge is 0.126 e. The maximum Gasteiger partial charge on any atom is 0.126 e. The number of rotatable bonds is 3. The molecule has 1 N–H and O–H groups in total. The molecule has 4 unspecified atom stereocenters. The minimum absolute atomic E-state index is 0.0123. The van der Waals surface area contributed by atoms with E-state index in [-0.39, 0.29) is 5.82 Å². The predicted octanol–water partition coefficient (Wildman–Crippen LogP) is 3.84. The Hall–Kier alpha value is -0.890. The van der Waals surface area contributed by atoms with Crippen molar-refractivity contribution in [2.45, 2.75) is 44.6 Å². The van der Waals surface area contributed by atoms with Gasteiger partial charge in [-0.1, -0.05) is 18.6 Å². The second-order valence-corrected chi connectivity index (χ2v) is 6.74. The molecule has 2 heteroatoms. The summed E-state index contributed by atoms with van der Waals surface area (Å²) in [5.41, 5.74) is 2.16. The van der Waals surface area contributed by atoms with E-state index in [1.54, 1.807) is 6.07 Å². The zero-order valence-corrected chi connectivity index (χ0v) is 11.4. The normalized spacial score (nSPS) is 35.8. The van der Waals surface area contributed by atoms with E-state index in [0.717, 1.165) is 42.7 Å². The first-order valence-corrected chi connectivity index (χ1v) is 7.82. The lowest BCUT2D eigenvalue weighted by atomic mass is 9.88. The van der Waals surface area contributed by atoms with E-state index in [9.17, 15) is 4.39 Å². The second kappa shape index (κ2) is 4.59. The van der Waals surface area contributed by atoms with Crippen molar-refractivity contribution in [1.29, 1.82) is 0 Å². The van der Waals surface area contributed by atoms with E-state index in [1.165, 1.54) is 31.2 Å². The van der Waals surface area contributed by atoms with Crippen LogP contribution < -0.4 is 5.32 Å². The molecule has 2 saturated carbocycles. The molecule has 102 valence electrons. The van der Waals surface area contributed by atoms with Gasteiger partial charge in [-0.15, -0.1) is 0 Å². The van der Waals surface area contributed by atoms with Crippen LogP contribution in [0.5, 0.6) is 0 Å². The molecule has 3 aliphatic carbocycles. The Labute approximate surface area is 114 Å². The molecular weight excluding hydrogens is 237 g/mol. The van der Waals surface area contributed by atoms with Crippen molar-refractivity contribution in [2.75, 3.05) is 6.54 Å². The van der Waals surface area contributed by atoms with Gasteiger partial charge in [-0.25, -0.2) is 4.39 Å². The maximum absolute atomic E-state index is 13.7. The maximum atomic E-state index is 13.7. The molecule has 0 heterocycles. The van der Waals surface area contributed by atoms with Gasteiger partial charge < -0.3 is 5.32 Å². The van der Waals surface area contributed by atoms with Crippen LogP contribution in [0.15, 0.2) is 18.2 Å². The zero-order chi connectivity index (χ0) is 12.8. The Morgan fingerprint density at radius 3 is 2.89 bits per heavy atom. The van der Waals surface area contributed by atoms with Crippen LogP contribution in [0, 0.1) is 23.6 Å². The molecule has 2 fully saturated rings. The number of hydrogen-bond acceptors (Lipinski definition) is 1. The Kier molecular flexibility index (Phi) is 2.87. The molecule has 0 aromatic heterocycles. The van der Waals surface area contributed by atoms with Crippen molar-refractivity contribution in [3.8, 4) is 0 Å². The first kappa shape index (κ1) is 11.9. The van der Waals surface area contributed by atoms with E-state index in [2.05, 4.69) is 11.4 Å². The van der Waals surface area contributed by atoms with Crippen molar-refractivity contribution >= 4 is 0 Å². The number of benzene rings is 1. The number of fused-ring (bicyclic) bond motifs is 3. The van der Waals surface area contributed by atoms with E-state index in [0.29, 0.717) is 6.04 Å². The highest BCUT2D eigenvalue weighted by Gasteiger charge is 2.39. The predicted molar refractivity (Wildman–Crippen MR) is 74.4 cm³/mol. The molecular formula is C17H22FN. The first-order chi connectivity index (χ1) is 9.31. The van der Waals surface area contributed by atoms with Crippen molar-refractivity contribution in [2.24, 2.45) is 17.8 Å². The third-order valence-electron chi connectivity index (χ3n) is 5.72. The van der Waals surface area contributed by atoms with Gasteiger partial charge in [0.2, 0.25) is 0 Å². The third kappa shape index (κ3) is 2.01. The molecule has 4 rings (SSSR count). The number of halogens is 1. The molecule has 1 nitrogen and oxygen atoms in total. The highest BCUT2D eigenvalue weighted by Crippen LogP contribution is 2.48. The van der Waals surface area contributed by atoms with Gasteiger partial charge in [0, 0.05) is 6.04 Å². The zero-order valence-electron chi connectivity index (χ0n) is 11.4. The molecule has 0 amide bonds. The molecule has 0 aliphatic heterocycles. The van der Waals surface area contributed by atoms with Crippen LogP contribution in [0.3, 0.4) is 0 Å². The fourth-order valence-corrected chi connectivity index (χ4v) is 4.74. The summed E-state index contributed by atoms with van der Waals surface area (Å²) in [6, 6.07) is 5.94. The van der Waals surface area contributed by atoms with Gasteiger partial charge in [0.25, 0.3) is 0 Å². The first-order valence-electron chi connectivity index (χ1n) is 7.82. The standard InChI is InChI=1S/C17H22FN/c18-16-3-1-2-15-14(16)6-7-17(15)19-10-13-9-11-4-5-12(13)8-11/h1-3,11-13,17,19H,4-10H2. The Balaban J connectivity index is 1.42. The summed E-state index contributed by atoms with van der Waals surface area (Å²) in [4.78, 5) is 0. The average Bonchev–Trinajstić information content (AvgIpc) is 3.11. The van der Waals surface area contributed by atoms with Gasteiger partial charge in [0.05, 0.1) is 0 Å². The summed E-state index contributed by atoms with van der Waals surface area (Å²) in [7, 11) is 0. The molecule has 2 bridgehead atoms. The molecule has 1 aromatic rings. The average molecular weight is 259 g/mol. The lowest BCUT2D eigenvalue weighted by molar-refractivity contribution is 0.306. The van der Waals surface area contributed by atoms with Crippen LogP contribution >= 0.6 is 0 Å². The third-order valence-corrected chi connectivity index (χ3v) is 5.72. The van der Waals surface area contributed by atoms with E-state index < -0.39 is 0 Å². The summed E-state index contributed by atoms with van der Waals surface area (Å²) < 4.78 is 13.7. The highest BCUT2D eigenvalue weighted by molar-refractivity contribution is 5.35. The molecule has 4 atom stereocenters. The topological polar surface area (TPSA) is 12.0 Å². The van der Waals surface area contributed by atoms with Gasteiger partial charge in [-0.3, -0.25) is 0 Å². The quantitative estimate of drug-likeness (QED) is 0.869. The lowest BCUT2D eigenvalue weighted by Crippen LogP contribution is -2.29. The molecule has 0 saturated heterocycles. The van der Waals surface area contributed by atoms with Gasteiger partial charge in [0.1, 0.15) is 5.82 Å². The molecule has 19 heavy (non-hydrogen) atoms. The molecule has 0 radical (unpaired) electrons. The van der Waals surface area contributed by atoms with E-state index in [1.807, 2.05) is 6.07 Å². The number of hydrogen-bond donors (Lipinski definition) is 1. The monoisotopic (exact) mass is 259 g/mol. The minimum Gasteiger partial charge on any atom is -0.310 e.